The summed E-state index contributed by atoms with van der Waals surface area (Å²) in [6.07, 6.45) is 0.636. The van der Waals surface area contributed by atoms with E-state index in [-0.39, 0.29) is 31.5 Å². The lowest BCUT2D eigenvalue weighted by molar-refractivity contribution is -0.140. The molecule has 2 amide bonds. The molecule has 1 fully saturated rings. The van der Waals surface area contributed by atoms with E-state index in [0.717, 1.165) is 19.3 Å². The fraction of sp³-hybridized carbons (Fsp3) is 0.462. The second kappa shape index (κ2) is 13.2. The summed E-state index contributed by atoms with van der Waals surface area (Å²) >= 11 is 0. The molecule has 0 bridgehead atoms. The third-order valence-electron chi connectivity index (χ3n) is 6.44. The van der Waals surface area contributed by atoms with Crippen LogP contribution in [0.25, 0.3) is 0 Å². The largest absolute Gasteiger partial charge is 0.417 e. The average Bonchev–Trinajstić information content (AvgIpc) is 3.39. The molecule has 38 heavy (non-hydrogen) atoms. The number of halogens is 4. The number of rotatable bonds is 12. The van der Waals surface area contributed by atoms with E-state index in [4.69, 9.17) is 0 Å². The van der Waals surface area contributed by atoms with Gasteiger partial charge in [-0.15, -0.1) is 0 Å². The lowest BCUT2D eigenvalue weighted by Crippen LogP contribution is -2.41. The molecule has 2 aromatic carbocycles. The summed E-state index contributed by atoms with van der Waals surface area (Å²) in [4.78, 5) is 24.4. The van der Waals surface area contributed by atoms with Crippen LogP contribution < -0.4 is 15.4 Å². The lowest BCUT2D eigenvalue weighted by atomic mass is 10.0. The minimum atomic E-state index is -5.06. The van der Waals surface area contributed by atoms with Crippen LogP contribution in [-0.4, -0.2) is 33.3 Å². The normalized spacial score (nSPS) is 15.3. The molecule has 0 aliphatic heterocycles. The van der Waals surface area contributed by atoms with Crippen molar-refractivity contribution in [1.82, 2.24) is 15.4 Å². The van der Waals surface area contributed by atoms with Crippen molar-refractivity contribution in [3.05, 3.63) is 65.5 Å². The quantitative estimate of drug-likeness (QED) is 0.265. The van der Waals surface area contributed by atoms with Gasteiger partial charge in [-0.1, -0.05) is 56.0 Å². The van der Waals surface area contributed by atoms with Gasteiger partial charge >= 0.3 is 6.18 Å². The van der Waals surface area contributed by atoms with Gasteiger partial charge in [-0.05, 0) is 42.5 Å². The third-order valence-corrected chi connectivity index (χ3v) is 7.96. The van der Waals surface area contributed by atoms with Crippen molar-refractivity contribution in [3.8, 4) is 0 Å². The summed E-state index contributed by atoms with van der Waals surface area (Å²) in [6, 6.07) is 9.03. The molecule has 1 aliphatic carbocycles. The Morgan fingerprint density at radius 3 is 2.34 bits per heavy atom. The molecule has 0 radical (unpaired) electrons. The number of hydrogen-bond acceptors (Lipinski definition) is 4. The monoisotopic (exact) mass is 557 g/mol. The summed E-state index contributed by atoms with van der Waals surface area (Å²) < 4.78 is 79.7. The van der Waals surface area contributed by atoms with E-state index in [1.807, 2.05) is 4.72 Å². The number of carbonyl (C=O) groups excluding carboxylic acids is 2. The highest BCUT2D eigenvalue weighted by molar-refractivity contribution is 7.89. The molecule has 0 unspecified atom stereocenters. The van der Waals surface area contributed by atoms with Crippen LogP contribution in [0.15, 0.2) is 53.4 Å². The van der Waals surface area contributed by atoms with E-state index in [1.54, 1.807) is 30.3 Å². The first kappa shape index (κ1) is 29.6. The molecule has 7 nitrogen and oxygen atoms in total. The van der Waals surface area contributed by atoms with Crippen molar-refractivity contribution in [1.29, 1.82) is 0 Å². The van der Waals surface area contributed by atoms with Gasteiger partial charge in [0.25, 0.3) is 0 Å². The zero-order valence-corrected chi connectivity index (χ0v) is 21.5. The zero-order valence-electron chi connectivity index (χ0n) is 20.7. The maximum Gasteiger partial charge on any atom is 0.417 e. The van der Waals surface area contributed by atoms with Crippen molar-refractivity contribution in [3.63, 3.8) is 0 Å². The number of nitrogens with one attached hydrogen (secondary N) is 3. The van der Waals surface area contributed by atoms with E-state index in [9.17, 15) is 35.6 Å². The van der Waals surface area contributed by atoms with Crippen molar-refractivity contribution in [2.75, 3.05) is 13.1 Å². The fourth-order valence-electron chi connectivity index (χ4n) is 4.46. The van der Waals surface area contributed by atoms with Crippen molar-refractivity contribution < 1.29 is 35.6 Å². The SMILES string of the molecule is O=C(CCC1CCCC1)N[C@H](C(=O)NCCCNS(=O)(=O)c1ccc(F)cc1C(F)(F)F)c1ccccc1. The Bertz CT molecular complexity index is 1200. The minimum absolute atomic E-state index is 0.00181. The van der Waals surface area contributed by atoms with Crippen LogP contribution in [0.3, 0.4) is 0 Å². The van der Waals surface area contributed by atoms with Crippen LogP contribution in [0.5, 0.6) is 0 Å². The van der Waals surface area contributed by atoms with Crippen molar-refractivity contribution in [2.24, 2.45) is 5.92 Å². The highest BCUT2D eigenvalue weighted by Crippen LogP contribution is 2.34. The zero-order chi connectivity index (χ0) is 27.8. The number of alkyl halides is 3. The highest BCUT2D eigenvalue weighted by Gasteiger charge is 2.37. The molecule has 0 spiro atoms. The Balaban J connectivity index is 1.53. The number of benzene rings is 2. The molecule has 1 saturated carbocycles. The van der Waals surface area contributed by atoms with Gasteiger partial charge in [0.2, 0.25) is 21.8 Å². The Hall–Kier alpha value is -2.99. The average molecular weight is 558 g/mol. The maximum atomic E-state index is 13.3. The van der Waals surface area contributed by atoms with Gasteiger partial charge in [0.05, 0.1) is 10.5 Å². The fourth-order valence-corrected chi connectivity index (χ4v) is 5.74. The Morgan fingerprint density at radius 1 is 1.00 bits per heavy atom. The molecule has 12 heteroatoms. The van der Waals surface area contributed by atoms with Crippen LogP contribution in [0.1, 0.15) is 62.1 Å². The van der Waals surface area contributed by atoms with Gasteiger partial charge in [0, 0.05) is 19.5 Å². The van der Waals surface area contributed by atoms with E-state index in [1.165, 1.54) is 12.8 Å². The summed E-state index contributed by atoms with van der Waals surface area (Å²) in [6.45, 7) is -0.279. The maximum absolute atomic E-state index is 13.3. The standard InChI is InChI=1S/C26H31F4N3O4S/c27-20-12-13-22(21(17-20)26(28,29)30)38(36,37)32-16-6-15-31-25(35)24(19-9-2-1-3-10-19)33-23(34)14-11-18-7-4-5-8-18/h1-3,9-10,12-13,17-18,24,32H,4-8,11,14-16H2,(H,31,35)(H,33,34)/t24-/m0/s1. The molecule has 0 aromatic heterocycles. The smallest absolute Gasteiger partial charge is 0.354 e. The van der Waals surface area contributed by atoms with Gasteiger partial charge in [0.1, 0.15) is 11.9 Å². The van der Waals surface area contributed by atoms with Gasteiger partial charge in [-0.3, -0.25) is 9.59 Å². The van der Waals surface area contributed by atoms with Gasteiger partial charge in [-0.25, -0.2) is 17.5 Å². The van der Waals surface area contributed by atoms with Crippen LogP contribution >= 0.6 is 0 Å². The summed E-state index contributed by atoms with van der Waals surface area (Å²) in [5.41, 5.74) is -1.02. The number of carbonyl (C=O) groups is 2. The van der Waals surface area contributed by atoms with Crippen molar-refractivity contribution in [2.45, 2.75) is 62.1 Å². The third kappa shape index (κ3) is 8.52. The molecule has 1 aliphatic rings. The van der Waals surface area contributed by atoms with Crippen LogP contribution in [0.4, 0.5) is 17.6 Å². The van der Waals surface area contributed by atoms with Gasteiger partial charge in [-0.2, -0.15) is 13.2 Å². The first-order valence-electron chi connectivity index (χ1n) is 12.5. The second-order valence-corrected chi connectivity index (χ2v) is 11.0. The molecule has 0 saturated heterocycles. The van der Waals surface area contributed by atoms with Crippen LogP contribution in [0.2, 0.25) is 0 Å². The van der Waals surface area contributed by atoms with E-state index < -0.39 is 44.4 Å². The number of sulfonamides is 1. The van der Waals surface area contributed by atoms with Gasteiger partial charge in [0.15, 0.2) is 0 Å². The molecule has 1 atom stereocenters. The number of amides is 2. The van der Waals surface area contributed by atoms with E-state index in [0.29, 0.717) is 30.0 Å². The summed E-state index contributed by atoms with van der Waals surface area (Å²) in [5.74, 6) is -1.42. The molecule has 208 valence electrons. The lowest BCUT2D eigenvalue weighted by Gasteiger charge is -2.19. The predicted octanol–water partition coefficient (Wildman–Crippen LogP) is 4.46. The van der Waals surface area contributed by atoms with Crippen molar-refractivity contribution >= 4 is 21.8 Å². The minimum Gasteiger partial charge on any atom is -0.354 e. The molecular formula is C26H31F4N3O4S. The molecule has 3 N–H and O–H groups in total. The topological polar surface area (TPSA) is 104 Å². The molecule has 2 aromatic rings. The van der Waals surface area contributed by atoms with Crippen LogP contribution in [-0.2, 0) is 25.8 Å². The Morgan fingerprint density at radius 2 is 1.68 bits per heavy atom. The molecule has 0 heterocycles. The Kier molecular flexibility index (Phi) is 10.3. The van der Waals surface area contributed by atoms with Crippen LogP contribution in [0, 0.1) is 11.7 Å². The first-order chi connectivity index (χ1) is 18.0. The Labute approximate surface area is 219 Å². The second-order valence-electron chi connectivity index (χ2n) is 9.28. The van der Waals surface area contributed by atoms with E-state index in [2.05, 4.69) is 10.6 Å². The summed E-state index contributed by atoms with van der Waals surface area (Å²) in [5, 5.41) is 5.40. The van der Waals surface area contributed by atoms with Gasteiger partial charge < -0.3 is 10.6 Å². The predicted molar refractivity (Wildman–Crippen MR) is 133 cm³/mol. The first-order valence-corrected chi connectivity index (χ1v) is 13.9. The molecular weight excluding hydrogens is 526 g/mol. The highest BCUT2D eigenvalue weighted by atomic mass is 32.2. The number of hydrogen-bond donors (Lipinski definition) is 3. The molecule has 3 rings (SSSR count). The summed E-state index contributed by atoms with van der Waals surface area (Å²) in [7, 11) is -4.59. The van der Waals surface area contributed by atoms with E-state index >= 15 is 0 Å².